The van der Waals surface area contributed by atoms with Gasteiger partial charge in [-0.1, -0.05) is 91.0 Å². The summed E-state index contributed by atoms with van der Waals surface area (Å²) in [5.74, 6) is 1.76. The molecule has 0 aliphatic heterocycles. The lowest BCUT2D eigenvalue weighted by Gasteiger charge is -2.14. The molecule has 0 saturated carbocycles. The van der Waals surface area contributed by atoms with Gasteiger partial charge in [0, 0.05) is 45.4 Å². The Labute approximate surface area is 304 Å². The molecule has 7 aromatic carbocycles. The second-order valence-corrected chi connectivity index (χ2v) is 13.0. The van der Waals surface area contributed by atoms with Crippen molar-refractivity contribution in [2.75, 3.05) is 0 Å². The van der Waals surface area contributed by atoms with E-state index < -0.39 is 0 Å². The van der Waals surface area contributed by atoms with Crippen LogP contribution in [0.4, 0.5) is 0 Å². The van der Waals surface area contributed by atoms with Crippen LogP contribution < -0.4 is 0 Å². The molecular formula is C47H27N5O. The van der Waals surface area contributed by atoms with Crippen LogP contribution >= 0.6 is 0 Å². The standard InChI is InChI=1S/C47H27N5O/c48-27-29-16-18-40-41-19-17-31(26-44(41)53-43(40)21-29)34-22-35(33-12-8-20-49-28-33)24-36(23-34)46-50-45(30-9-2-1-3-10-30)51-47(52-46)42-25-32-11-4-5-13-37(32)38-14-6-7-15-39(38)42/h1-26,28H. The Balaban J connectivity index is 1.21. The number of furan rings is 1. The summed E-state index contributed by atoms with van der Waals surface area (Å²) in [7, 11) is 0. The number of aromatic nitrogens is 4. The topological polar surface area (TPSA) is 88.5 Å². The fourth-order valence-electron chi connectivity index (χ4n) is 7.23. The van der Waals surface area contributed by atoms with Crippen molar-refractivity contribution in [1.82, 2.24) is 19.9 Å². The van der Waals surface area contributed by atoms with Crippen molar-refractivity contribution in [2.45, 2.75) is 0 Å². The van der Waals surface area contributed by atoms with E-state index in [4.69, 9.17) is 19.4 Å². The molecule has 0 bridgehead atoms. The van der Waals surface area contributed by atoms with Gasteiger partial charge in [-0.2, -0.15) is 5.26 Å². The predicted molar refractivity (Wildman–Crippen MR) is 212 cm³/mol. The molecule has 0 amide bonds. The van der Waals surface area contributed by atoms with Crippen molar-refractivity contribution < 1.29 is 4.42 Å². The molecule has 0 saturated heterocycles. The van der Waals surface area contributed by atoms with Gasteiger partial charge in [0.1, 0.15) is 11.2 Å². The van der Waals surface area contributed by atoms with Gasteiger partial charge in [0.2, 0.25) is 0 Å². The summed E-state index contributed by atoms with van der Waals surface area (Å²) >= 11 is 0. The molecule has 10 rings (SSSR count). The maximum atomic E-state index is 9.45. The minimum absolute atomic E-state index is 0.562. The number of rotatable bonds is 5. The number of pyridine rings is 1. The van der Waals surface area contributed by atoms with E-state index in [1.807, 2.05) is 54.7 Å². The zero-order chi connectivity index (χ0) is 35.3. The first kappa shape index (κ1) is 30.3. The summed E-state index contributed by atoms with van der Waals surface area (Å²) in [6, 6.07) is 53.5. The van der Waals surface area contributed by atoms with E-state index in [0.717, 1.165) is 71.5 Å². The molecule has 53 heavy (non-hydrogen) atoms. The smallest absolute Gasteiger partial charge is 0.164 e. The summed E-state index contributed by atoms with van der Waals surface area (Å²) < 4.78 is 6.29. The Kier molecular flexibility index (Phi) is 7.09. The third-order valence-corrected chi connectivity index (χ3v) is 9.80. The minimum atomic E-state index is 0.562. The van der Waals surface area contributed by atoms with Crippen LogP contribution in [0.5, 0.6) is 0 Å². The first-order valence-electron chi connectivity index (χ1n) is 17.3. The van der Waals surface area contributed by atoms with Gasteiger partial charge in [-0.25, -0.2) is 15.0 Å². The number of nitrogens with zero attached hydrogens (tertiary/aromatic N) is 5. The number of benzene rings is 7. The third kappa shape index (κ3) is 5.36. The normalized spacial score (nSPS) is 11.4. The van der Waals surface area contributed by atoms with Crippen LogP contribution in [0.15, 0.2) is 168 Å². The van der Waals surface area contributed by atoms with Gasteiger partial charge in [0.25, 0.3) is 0 Å². The number of hydrogen-bond donors (Lipinski definition) is 0. The fraction of sp³-hybridized carbons (Fsp3) is 0. The largest absolute Gasteiger partial charge is 0.456 e. The average molecular weight is 678 g/mol. The van der Waals surface area contributed by atoms with Gasteiger partial charge in [-0.05, 0) is 98.9 Å². The molecule has 0 N–H and O–H groups in total. The lowest BCUT2D eigenvalue weighted by Crippen LogP contribution is -2.01. The van der Waals surface area contributed by atoms with Crippen LogP contribution in [0.25, 0.3) is 99.9 Å². The lowest BCUT2D eigenvalue weighted by atomic mass is 9.95. The molecule has 0 atom stereocenters. The molecule has 0 aliphatic carbocycles. The van der Waals surface area contributed by atoms with E-state index in [1.165, 1.54) is 5.39 Å². The highest BCUT2D eigenvalue weighted by atomic mass is 16.3. The molecule has 6 heteroatoms. The van der Waals surface area contributed by atoms with Gasteiger partial charge in [-0.3, -0.25) is 4.98 Å². The molecule has 6 nitrogen and oxygen atoms in total. The van der Waals surface area contributed by atoms with Crippen LogP contribution in [-0.4, -0.2) is 19.9 Å². The summed E-state index contributed by atoms with van der Waals surface area (Å²) in [5, 5.41) is 15.9. The highest BCUT2D eigenvalue weighted by Crippen LogP contribution is 2.38. The van der Waals surface area contributed by atoms with E-state index >= 15 is 0 Å². The van der Waals surface area contributed by atoms with Gasteiger partial charge in [-0.15, -0.1) is 0 Å². The summed E-state index contributed by atoms with van der Waals surface area (Å²) in [6.45, 7) is 0. The molecule has 0 radical (unpaired) electrons. The summed E-state index contributed by atoms with van der Waals surface area (Å²) in [6.07, 6.45) is 3.65. The lowest BCUT2D eigenvalue weighted by molar-refractivity contribution is 0.669. The van der Waals surface area contributed by atoms with E-state index in [-0.39, 0.29) is 0 Å². The average Bonchev–Trinajstić information content (AvgIpc) is 3.61. The monoisotopic (exact) mass is 677 g/mol. The summed E-state index contributed by atoms with van der Waals surface area (Å²) in [4.78, 5) is 19.9. The number of hydrogen-bond acceptors (Lipinski definition) is 6. The zero-order valence-corrected chi connectivity index (χ0v) is 28.2. The van der Waals surface area contributed by atoms with Crippen molar-refractivity contribution in [3.63, 3.8) is 0 Å². The molecular weight excluding hydrogens is 651 g/mol. The molecule has 3 aromatic heterocycles. The first-order chi connectivity index (χ1) is 26.2. The number of nitriles is 1. The van der Waals surface area contributed by atoms with Gasteiger partial charge >= 0.3 is 0 Å². The van der Waals surface area contributed by atoms with Gasteiger partial charge < -0.3 is 4.42 Å². The van der Waals surface area contributed by atoms with E-state index in [9.17, 15) is 5.26 Å². The van der Waals surface area contributed by atoms with E-state index in [0.29, 0.717) is 28.6 Å². The Hall–Kier alpha value is -7.49. The second-order valence-electron chi connectivity index (χ2n) is 13.0. The van der Waals surface area contributed by atoms with Crippen molar-refractivity contribution in [3.8, 4) is 62.5 Å². The van der Waals surface area contributed by atoms with Crippen LogP contribution in [0.1, 0.15) is 5.56 Å². The Morgan fingerprint density at radius 3 is 1.87 bits per heavy atom. The highest BCUT2D eigenvalue weighted by molar-refractivity contribution is 6.13. The summed E-state index contributed by atoms with van der Waals surface area (Å²) in [5.41, 5.74) is 8.59. The molecule has 3 heterocycles. The fourth-order valence-corrected chi connectivity index (χ4v) is 7.23. The van der Waals surface area contributed by atoms with Gasteiger partial charge in [0.15, 0.2) is 17.5 Å². The second kappa shape index (κ2) is 12.4. The van der Waals surface area contributed by atoms with Crippen molar-refractivity contribution in [1.29, 1.82) is 5.26 Å². The maximum absolute atomic E-state index is 9.45. The SMILES string of the molecule is N#Cc1ccc2c(c1)oc1cc(-c3cc(-c4cccnc4)cc(-c4nc(-c5ccccc5)nc(-c5cc6ccccc6c6ccccc56)n4)c3)ccc12. The van der Waals surface area contributed by atoms with Crippen LogP contribution in [0.2, 0.25) is 0 Å². The molecule has 10 aromatic rings. The molecule has 0 unspecified atom stereocenters. The Morgan fingerprint density at radius 1 is 0.434 bits per heavy atom. The molecule has 0 spiro atoms. The van der Waals surface area contributed by atoms with Crippen LogP contribution in [0, 0.1) is 11.3 Å². The zero-order valence-electron chi connectivity index (χ0n) is 28.2. The first-order valence-corrected chi connectivity index (χ1v) is 17.3. The van der Waals surface area contributed by atoms with Crippen molar-refractivity contribution in [2.24, 2.45) is 0 Å². The third-order valence-electron chi connectivity index (χ3n) is 9.80. The molecule has 0 fully saturated rings. The van der Waals surface area contributed by atoms with E-state index in [2.05, 4.69) is 108 Å². The van der Waals surface area contributed by atoms with Crippen LogP contribution in [-0.2, 0) is 0 Å². The van der Waals surface area contributed by atoms with Crippen molar-refractivity contribution >= 4 is 43.5 Å². The minimum Gasteiger partial charge on any atom is -0.456 e. The van der Waals surface area contributed by atoms with E-state index in [1.54, 1.807) is 12.3 Å². The Bertz CT molecular complexity index is 3070. The molecule has 246 valence electrons. The maximum Gasteiger partial charge on any atom is 0.164 e. The highest BCUT2D eigenvalue weighted by Gasteiger charge is 2.18. The van der Waals surface area contributed by atoms with Crippen LogP contribution in [0.3, 0.4) is 0 Å². The quantitative estimate of drug-likeness (QED) is 0.168. The predicted octanol–water partition coefficient (Wildman–Crippen LogP) is 11.7. The van der Waals surface area contributed by atoms with Crippen molar-refractivity contribution in [3.05, 3.63) is 170 Å². The number of fused-ring (bicyclic) bond motifs is 6. The van der Waals surface area contributed by atoms with Gasteiger partial charge in [0.05, 0.1) is 11.6 Å². The molecule has 0 aliphatic rings. The Morgan fingerprint density at radius 2 is 1.08 bits per heavy atom.